The van der Waals surface area contributed by atoms with Gasteiger partial charge in [0, 0.05) is 28.9 Å². The summed E-state index contributed by atoms with van der Waals surface area (Å²) in [6.45, 7) is 6.21. The van der Waals surface area contributed by atoms with Gasteiger partial charge in [-0.2, -0.15) is 0 Å². The van der Waals surface area contributed by atoms with E-state index in [9.17, 15) is 14.4 Å². The molecule has 3 aliphatic rings. The average Bonchev–Trinajstić information content (AvgIpc) is 3.44. The van der Waals surface area contributed by atoms with Crippen molar-refractivity contribution in [2.45, 2.75) is 24.9 Å². The zero-order valence-corrected chi connectivity index (χ0v) is 21.1. The van der Waals surface area contributed by atoms with E-state index in [0.717, 1.165) is 22.4 Å². The van der Waals surface area contributed by atoms with E-state index in [1.807, 2.05) is 61.5 Å². The number of carbonyl (C=O) groups excluding carboxylic acids is 3. The first kappa shape index (κ1) is 23.6. The minimum Gasteiger partial charge on any atom is -0.306 e. The van der Waals surface area contributed by atoms with Crippen LogP contribution < -0.4 is 15.1 Å². The number of para-hydroxylation sites is 1. The molecule has 0 radical (unpaired) electrons. The van der Waals surface area contributed by atoms with E-state index in [2.05, 4.69) is 11.9 Å². The highest BCUT2D eigenvalue weighted by Gasteiger charge is 2.71. The molecule has 0 saturated carbocycles. The lowest BCUT2D eigenvalue weighted by molar-refractivity contribution is -0.132. The third kappa shape index (κ3) is 3.47. The number of carbonyl (C=O) groups is 3. The third-order valence-electron chi connectivity index (χ3n) is 7.66. The maximum absolute atomic E-state index is 14.3. The Morgan fingerprint density at radius 2 is 1.70 bits per heavy atom. The van der Waals surface area contributed by atoms with Crippen molar-refractivity contribution >= 4 is 40.7 Å². The SMILES string of the molecule is C=C(C)CN1C(=O)[C@]2(N[C@@H](Cc3ccccc3)[C@H]3C(=O)N(c4cccc(Cl)c4)C(=O)[C@@H]32)c2ccccc21. The molecule has 7 heteroatoms. The van der Waals surface area contributed by atoms with Gasteiger partial charge < -0.3 is 4.90 Å². The normalized spacial score (nSPS) is 26.2. The molecule has 3 aromatic carbocycles. The Labute approximate surface area is 220 Å². The smallest absolute Gasteiger partial charge is 0.253 e. The largest absolute Gasteiger partial charge is 0.306 e. The van der Waals surface area contributed by atoms with Crippen LogP contribution in [0, 0.1) is 11.8 Å². The van der Waals surface area contributed by atoms with Crippen LogP contribution in [0.5, 0.6) is 0 Å². The summed E-state index contributed by atoms with van der Waals surface area (Å²) in [7, 11) is 0. The van der Waals surface area contributed by atoms with Crippen molar-refractivity contribution in [2.75, 3.05) is 16.3 Å². The number of nitrogens with zero attached hydrogens (tertiary/aromatic N) is 2. The number of hydrogen-bond acceptors (Lipinski definition) is 4. The van der Waals surface area contributed by atoms with Gasteiger partial charge in [0.1, 0.15) is 5.54 Å². The molecule has 0 aromatic heterocycles. The van der Waals surface area contributed by atoms with Crippen molar-refractivity contribution in [3.05, 3.63) is 107 Å². The topological polar surface area (TPSA) is 69.7 Å². The molecule has 3 aromatic rings. The number of rotatable bonds is 5. The Hall–Kier alpha value is -3.74. The monoisotopic (exact) mass is 511 g/mol. The minimum absolute atomic E-state index is 0.226. The summed E-state index contributed by atoms with van der Waals surface area (Å²) in [6.07, 6.45) is 0.502. The van der Waals surface area contributed by atoms with Crippen molar-refractivity contribution in [3.8, 4) is 0 Å². The Bertz CT molecular complexity index is 1460. The van der Waals surface area contributed by atoms with E-state index in [-0.39, 0.29) is 17.7 Å². The molecule has 0 unspecified atom stereocenters. The van der Waals surface area contributed by atoms with Crippen LogP contribution in [0.2, 0.25) is 5.02 Å². The van der Waals surface area contributed by atoms with Gasteiger partial charge in [0.2, 0.25) is 11.8 Å². The Morgan fingerprint density at radius 3 is 2.43 bits per heavy atom. The fourth-order valence-electron chi connectivity index (χ4n) is 6.29. The molecular weight excluding hydrogens is 486 g/mol. The van der Waals surface area contributed by atoms with E-state index >= 15 is 0 Å². The molecule has 4 atom stereocenters. The average molecular weight is 512 g/mol. The summed E-state index contributed by atoms with van der Waals surface area (Å²) in [5, 5.41) is 3.98. The van der Waals surface area contributed by atoms with Gasteiger partial charge in [0.15, 0.2) is 0 Å². The Balaban J connectivity index is 1.52. The van der Waals surface area contributed by atoms with Crippen molar-refractivity contribution in [1.82, 2.24) is 5.32 Å². The first-order valence-corrected chi connectivity index (χ1v) is 12.7. The van der Waals surface area contributed by atoms with E-state index in [1.165, 1.54) is 4.90 Å². The fraction of sp³-hybridized carbons (Fsp3) is 0.233. The zero-order valence-electron chi connectivity index (χ0n) is 20.4. The highest BCUT2D eigenvalue weighted by molar-refractivity contribution is 6.31. The maximum atomic E-state index is 14.3. The van der Waals surface area contributed by atoms with Crippen LogP contribution in [0.1, 0.15) is 18.1 Å². The molecule has 3 heterocycles. The summed E-state index contributed by atoms with van der Waals surface area (Å²) in [5.74, 6) is -2.53. The molecular formula is C30H26ClN3O3. The van der Waals surface area contributed by atoms with E-state index in [1.54, 1.807) is 29.2 Å². The molecule has 2 saturated heterocycles. The van der Waals surface area contributed by atoms with Crippen LogP contribution in [0.3, 0.4) is 0 Å². The molecule has 6 nitrogen and oxygen atoms in total. The number of anilines is 2. The quantitative estimate of drug-likeness (QED) is 0.405. The van der Waals surface area contributed by atoms with Crippen LogP contribution >= 0.6 is 11.6 Å². The van der Waals surface area contributed by atoms with Gasteiger partial charge in [-0.25, -0.2) is 4.90 Å². The second kappa shape index (κ2) is 8.68. The molecule has 3 amide bonds. The van der Waals surface area contributed by atoms with Gasteiger partial charge in [-0.3, -0.25) is 19.7 Å². The standard InChI is InChI=1S/C30H26ClN3O3/c1-18(2)17-33-24-14-7-6-13-22(24)30(29(33)37)26-25(23(32-30)15-19-9-4-3-5-10-19)27(35)34(28(26)36)21-12-8-11-20(31)16-21/h3-14,16,23,25-26,32H,1,15,17H2,2H3/t23-,25+,26+,30-/m0/s1. The lowest BCUT2D eigenvalue weighted by Gasteiger charge is -2.31. The van der Waals surface area contributed by atoms with Crippen molar-refractivity contribution in [1.29, 1.82) is 0 Å². The second-order valence-corrected chi connectivity index (χ2v) is 10.5. The van der Waals surface area contributed by atoms with Gasteiger partial charge >= 0.3 is 0 Å². The lowest BCUT2D eigenvalue weighted by atomic mass is 9.76. The number of amides is 3. The zero-order chi connectivity index (χ0) is 25.9. The summed E-state index contributed by atoms with van der Waals surface area (Å²) < 4.78 is 0. The van der Waals surface area contributed by atoms with Crippen molar-refractivity contribution in [2.24, 2.45) is 11.8 Å². The first-order valence-electron chi connectivity index (χ1n) is 12.3. The molecule has 1 spiro atoms. The first-order chi connectivity index (χ1) is 17.8. The van der Waals surface area contributed by atoms with Gasteiger partial charge in [-0.15, -0.1) is 0 Å². The van der Waals surface area contributed by atoms with Crippen LogP contribution in [0.25, 0.3) is 0 Å². The van der Waals surface area contributed by atoms with Gasteiger partial charge in [0.25, 0.3) is 5.91 Å². The predicted molar refractivity (Wildman–Crippen MR) is 143 cm³/mol. The molecule has 1 N–H and O–H groups in total. The molecule has 0 aliphatic carbocycles. The maximum Gasteiger partial charge on any atom is 0.253 e. The highest BCUT2D eigenvalue weighted by atomic mass is 35.5. The van der Waals surface area contributed by atoms with Gasteiger partial charge in [-0.1, -0.05) is 78.4 Å². The van der Waals surface area contributed by atoms with Crippen LogP contribution in [0.15, 0.2) is 91.0 Å². The lowest BCUT2D eigenvalue weighted by Crippen LogP contribution is -2.55. The highest BCUT2D eigenvalue weighted by Crippen LogP contribution is 2.55. The van der Waals surface area contributed by atoms with Crippen molar-refractivity contribution in [3.63, 3.8) is 0 Å². The molecule has 186 valence electrons. The van der Waals surface area contributed by atoms with Gasteiger partial charge in [-0.05, 0) is 43.2 Å². The summed E-state index contributed by atoms with van der Waals surface area (Å²) in [6, 6.07) is 23.7. The number of fused-ring (bicyclic) bond motifs is 4. The fourth-order valence-corrected chi connectivity index (χ4v) is 6.47. The second-order valence-electron chi connectivity index (χ2n) is 10.1. The third-order valence-corrected chi connectivity index (χ3v) is 7.89. The molecule has 3 aliphatic heterocycles. The molecule has 6 rings (SSSR count). The summed E-state index contributed by atoms with van der Waals surface area (Å²) >= 11 is 6.22. The minimum atomic E-state index is -1.35. The number of imide groups is 1. The molecule has 37 heavy (non-hydrogen) atoms. The summed E-state index contributed by atoms with van der Waals surface area (Å²) in [5.41, 5.74) is 2.38. The number of halogens is 1. The Kier molecular flexibility index (Phi) is 5.55. The molecule has 2 fully saturated rings. The summed E-state index contributed by atoms with van der Waals surface area (Å²) in [4.78, 5) is 45.4. The van der Waals surface area contributed by atoms with Crippen molar-refractivity contribution < 1.29 is 14.4 Å². The number of nitrogens with one attached hydrogen (secondary N) is 1. The van der Waals surface area contributed by atoms with E-state index in [0.29, 0.717) is 23.7 Å². The van der Waals surface area contributed by atoms with E-state index in [4.69, 9.17) is 11.6 Å². The van der Waals surface area contributed by atoms with Gasteiger partial charge in [0.05, 0.1) is 17.5 Å². The predicted octanol–water partition coefficient (Wildman–Crippen LogP) is 4.48. The number of hydrogen-bond donors (Lipinski definition) is 1. The Morgan fingerprint density at radius 1 is 0.973 bits per heavy atom. The molecule has 0 bridgehead atoms. The van der Waals surface area contributed by atoms with Crippen LogP contribution in [-0.2, 0) is 26.3 Å². The number of benzene rings is 3. The van der Waals surface area contributed by atoms with Crippen LogP contribution in [0.4, 0.5) is 11.4 Å². The van der Waals surface area contributed by atoms with Crippen LogP contribution in [-0.4, -0.2) is 30.3 Å². The van der Waals surface area contributed by atoms with E-state index < -0.39 is 23.4 Å².